The van der Waals surface area contributed by atoms with E-state index in [1.807, 2.05) is 19.1 Å². The number of halogens is 1. The Bertz CT molecular complexity index is 808. The fourth-order valence-electron chi connectivity index (χ4n) is 2.39. The number of carbonyl (C=O) groups excluding carboxylic acids is 1. The zero-order valence-electron chi connectivity index (χ0n) is 14.1. The summed E-state index contributed by atoms with van der Waals surface area (Å²) in [6.45, 7) is 3.52. The van der Waals surface area contributed by atoms with Gasteiger partial charge in [0.05, 0.1) is 17.5 Å². The van der Waals surface area contributed by atoms with Crippen LogP contribution in [0.2, 0.25) is 5.02 Å². The number of benzene rings is 2. The number of hydrogen-bond acceptors (Lipinski definition) is 3. The molecule has 7 heteroatoms. The topological polar surface area (TPSA) is 66.5 Å². The average molecular weight is 381 g/mol. The van der Waals surface area contributed by atoms with Gasteiger partial charge in [-0.2, -0.15) is 4.31 Å². The van der Waals surface area contributed by atoms with E-state index >= 15 is 0 Å². The van der Waals surface area contributed by atoms with Crippen molar-refractivity contribution in [1.29, 1.82) is 0 Å². The van der Waals surface area contributed by atoms with Crippen LogP contribution in [0.4, 0.5) is 0 Å². The quantitative estimate of drug-likeness (QED) is 0.801. The van der Waals surface area contributed by atoms with E-state index in [4.69, 9.17) is 11.6 Å². The summed E-state index contributed by atoms with van der Waals surface area (Å²) in [5.41, 5.74) is 0.895. The molecule has 1 N–H and O–H groups in total. The second-order valence-electron chi connectivity index (χ2n) is 5.59. The highest BCUT2D eigenvalue weighted by Crippen LogP contribution is 2.17. The molecule has 0 bridgehead atoms. The average Bonchev–Trinajstić information content (AvgIpc) is 2.60. The van der Waals surface area contributed by atoms with E-state index in [1.165, 1.54) is 12.1 Å². The third kappa shape index (κ3) is 5.04. The first-order valence-corrected chi connectivity index (χ1v) is 9.76. The molecule has 0 heterocycles. The van der Waals surface area contributed by atoms with Gasteiger partial charge in [0, 0.05) is 11.6 Å². The number of hydrogen-bond donors (Lipinski definition) is 1. The molecule has 0 unspecified atom stereocenters. The number of nitrogens with one attached hydrogen (secondary N) is 1. The molecule has 1 atom stereocenters. The first-order valence-electron chi connectivity index (χ1n) is 7.94. The van der Waals surface area contributed by atoms with Crippen molar-refractivity contribution in [3.05, 3.63) is 65.2 Å². The Kier molecular flexibility index (Phi) is 6.58. The molecule has 25 heavy (non-hydrogen) atoms. The van der Waals surface area contributed by atoms with Gasteiger partial charge < -0.3 is 5.32 Å². The SMILES string of the molecule is CCN(CC(=O)N[C@H](C)c1ccc(Cl)cc1)S(=O)(=O)c1ccccc1. The number of amides is 1. The maximum absolute atomic E-state index is 12.6. The van der Waals surface area contributed by atoms with Crippen LogP contribution in [0.25, 0.3) is 0 Å². The highest BCUT2D eigenvalue weighted by molar-refractivity contribution is 7.89. The first kappa shape index (κ1) is 19.4. The largest absolute Gasteiger partial charge is 0.348 e. The second-order valence-corrected chi connectivity index (χ2v) is 7.96. The van der Waals surface area contributed by atoms with Gasteiger partial charge in [-0.3, -0.25) is 4.79 Å². The van der Waals surface area contributed by atoms with Crippen molar-refractivity contribution in [2.75, 3.05) is 13.1 Å². The fraction of sp³-hybridized carbons (Fsp3) is 0.278. The molecule has 0 aliphatic heterocycles. The summed E-state index contributed by atoms with van der Waals surface area (Å²) in [6, 6.07) is 15.0. The normalized spacial score (nSPS) is 12.8. The lowest BCUT2D eigenvalue weighted by Crippen LogP contribution is -2.41. The molecule has 5 nitrogen and oxygen atoms in total. The van der Waals surface area contributed by atoms with E-state index in [0.29, 0.717) is 5.02 Å². The van der Waals surface area contributed by atoms with Gasteiger partial charge in [0.1, 0.15) is 0 Å². The van der Waals surface area contributed by atoms with Crippen LogP contribution in [0.3, 0.4) is 0 Å². The van der Waals surface area contributed by atoms with Crippen LogP contribution in [0.5, 0.6) is 0 Å². The third-order valence-electron chi connectivity index (χ3n) is 3.80. The predicted octanol–water partition coefficient (Wildman–Crippen LogP) is 3.23. The Morgan fingerprint density at radius 3 is 2.28 bits per heavy atom. The smallest absolute Gasteiger partial charge is 0.243 e. The summed E-state index contributed by atoms with van der Waals surface area (Å²) in [5, 5.41) is 3.43. The lowest BCUT2D eigenvalue weighted by atomic mass is 10.1. The van der Waals surface area contributed by atoms with Gasteiger partial charge >= 0.3 is 0 Å². The van der Waals surface area contributed by atoms with Crippen molar-refractivity contribution in [3.63, 3.8) is 0 Å². The van der Waals surface area contributed by atoms with E-state index < -0.39 is 10.0 Å². The Morgan fingerprint density at radius 2 is 1.72 bits per heavy atom. The van der Waals surface area contributed by atoms with Crippen molar-refractivity contribution < 1.29 is 13.2 Å². The van der Waals surface area contributed by atoms with Crippen molar-refractivity contribution in [1.82, 2.24) is 9.62 Å². The van der Waals surface area contributed by atoms with Gasteiger partial charge in [-0.05, 0) is 36.8 Å². The summed E-state index contributed by atoms with van der Waals surface area (Å²) in [5.74, 6) is -0.358. The van der Waals surface area contributed by atoms with Crippen molar-refractivity contribution in [2.24, 2.45) is 0 Å². The van der Waals surface area contributed by atoms with Crippen LogP contribution < -0.4 is 5.32 Å². The third-order valence-corrected chi connectivity index (χ3v) is 5.99. The molecule has 0 saturated carbocycles. The van der Waals surface area contributed by atoms with Crippen LogP contribution in [0.1, 0.15) is 25.5 Å². The van der Waals surface area contributed by atoms with Gasteiger partial charge in [-0.1, -0.05) is 48.9 Å². The molecule has 0 aliphatic carbocycles. The Hall–Kier alpha value is -1.89. The Balaban J connectivity index is 2.06. The molecule has 0 fully saturated rings. The first-order chi connectivity index (χ1) is 11.8. The zero-order valence-corrected chi connectivity index (χ0v) is 15.7. The minimum absolute atomic E-state index is 0.176. The number of likely N-dealkylation sites (N-methyl/N-ethyl adjacent to an activating group) is 1. The van der Waals surface area contributed by atoms with Crippen LogP contribution >= 0.6 is 11.6 Å². The number of nitrogens with zero attached hydrogens (tertiary/aromatic N) is 1. The maximum atomic E-state index is 12.6. The van der Waals surface area contributed by atoms with E-state index in [9.17, 15) is 13.2 Å². The van der Waals surface area contributed by atoms with Crippen LogP contribution in [-0.4, -0.2) is 31.7 Å². The van der Waals surface area contributed by atoms with E-state index in [0.717, 1.165) is 9.87 Å². The number of rotatable bonds is 7. The van der Waals surface area contributed by atoms with Gasteiger partial charge in [0.2, 0.25) is 15.9 Å². The molecular formula is C18H21ClN2O3S. The van der Waals surface area contributed by atoms with Crippen molar-refractivity contribution >= 4 is 27.5 Å². The van der Waals surface area contributed by atoms with E-state index in [-0.39, 0.29) is 29.9 Å². The Morgan fingerprint density at radius 1 is 1.12 bits per heavy atom. The minimum Gasteiger partial charge on any atom is -0.348 e. The van der Waals surface area contributed by atoms with Crippen molar-refractivity contribution in [3.8, 4) is 0 Å². The van der Waals surface area contributed by atoms with Gasteiger partial charge in [-0.25, -0.2) is 8.42 Å². The molecule has 1 amide bonds. The standard InChI is InChI=1S/C18H21ClN2O3S/c1-3-21(25(23,24)17-7-5-4-6-8-17)13-18(22)20-14(2)15-9-11-16(19)12-10-15/h4-12,14H,3,13H2,1-2H3,(H,20,22)/t14-/m1/s1. The van der Waals surface area contributed by atoms with Gasteiger partial charge in [0.15, 0.2) is 0 Å². The van der Waals surface area contributed by atoms with Gasteiger partial charge in [0.25, 0.3) is 0 Å². The highest BCUT2D eigenvalue weighted by Gasteiger charge is 2.25. The molecule has 134 valence electrons. The molecule has 2 rings (SSSR count). The number of sulfonamides is 1. The molecule has 0 aromatic heterocycles. The summed E-state index contributed by atoms with van der Waals surface area (Å²) < 4.78 is 26.4. The monoisotopic (exact) mass is 380 g/mol. The molecule has 0 spiro atoms. The lowest BCUT2D eigenvalue weighted by Gasteiger charge is -2.21. The zero-order chi connectivity index (χ0) is 18.4. The molecule has 0 aliphatic rings. The van der Waals surface area contributed by atoms with Gasteiger partial charge in [-0.15, -0.1) is 0 Å². The maximum Gasteiger partial charge on any atom is 0.243 e. The molecule has 2 aromatic carbocycles. The van der Waals surface area contributed by atoms with E-state index in [2.05, 4.69) is 5.32 Å². The molecule has 0 radical (unpaired) electrons. The second kappa shape index (κ2) is 8.47. The summed E-state index contributed by atoms with van der Waals surface area (Å²) in [7, 11) is -3.70. The number of carbonyl (C=O) groups is 1. The van der Waals surface area contributed by atoms with Crippen LogP contribution in [0, 0.1) is 0 Å². The van der Waals surface area contributed by atoms with Crippen LogP contribution in [0.15, 0.2) is 59.5 Å². The van der Waals surface area contributed by atoms with Crippen molar-refractivity contribution in [2.45, 2.75) is 24.8 Å². The Labute approximate surface area is 153 Å². The van der Waals surface area contributed by atoms with Crippen LogP contribution in [-0.2, 0) is 14.8 Å². The fourth-order valence-corrected chi connectivity index (χ4v) is 3.94. The minimum atomic E-state index is -3.70. The highest BCUT2D eigenvalue weighted by atomic mass is 35.5. The summed E-state index contributed by atoms with van der Waals surface area (Å²) >= 11 is 5.86. The molecule has 2 aromatic rings. The predicted molar refractivity (Wildman–Crippen MR) is 98.9 cm³/mol. The van der Waals surface area contributed by atoms with E-state index in [1.54, 1.807) is 37.3 Å². The summed E-state index contributed by atoms with van der Waals surface area (Å²) in [6.07, 6.45) is 0. The summed E-state index contributed by atoms with van der Waals surface area (Å²) in [4.78, 5) is 12.5. The molecular weight excluding hydrogens is 360 g/mol. The lowest BCUT2D eigenvalue weighted by molar-refractivity contribution is -0.121. The molecule has 0 saturated heterocycles.